The lowest BCUT2D eigenvalue weighted by Crippen LogP contribution is -2.17. The molecule has 0 bridgehead atoms. The van der Waals surface area contributed by atoms with Crippen LogP contribution in [0.3, 0.4) is 0 Å². The van der Waals surface area contributed by atoms with Gasteiger partial charge in [-0.2, -0.15) is 0 Å². The van der Waals surface area contributed by atoms with Gasteiger partial charge in [-0.3, -0.25) is 9.52 Å². The number of nitrogens with one attached hydrogen (secondary N) is 2. The molecule has 2 aromatic rings. The average molecular weight is 384 g/mol. The Labute approximate surface area is 153 Å². The van der Waals surface area contributed by atoms with Crippen LogP contribution in [0.5, 0.6) is 0 Å². The summed E-state index contributed by atoms with van der Waals surface area (Å²) in [5.74, 6) is -2.47. The van der Waals surface area contributed by atoms with Gasteiger partial charge in [-0.05, 0) is 44.0 Å². The van der Waals surface area contributed by atoms with Crippen molar-refractivity contribution in [2.45, 2.75) is 31.3 Å². The molecule has 1 aromatic carbocycles. The lowest BCUT2D eigenvalue weighted by Gasteiger charge is -2.08. The smallest absolute Gasteiger partial charge is 0.273 e. The third-order valence-corrected chi connectivity index (χ3v) is 5.24. The highest BCUT2D eigenvalue weighted by Crippen LogP contribution is 2.38. The van der Waals surface area contributed by atoms with E-state index in [-0.39, 0.29) is 11.7 Å². The molecule has 0 spiro atoms. The second kappa shape index (κ2) is 7.19. The van der Waals surface area contributed by atoms with Gasteiger partial charge in [0.25, 0.3) is 5.91 Å². The van der Waals surface area contributed by atoms with Crippen LogP contribution in [0.4, 0.5) is 14.5 Å². The van der Waals surface area contributed by atoms with E-state index in [9.17, 15) is 13.6 Å². The summed E-state index contributed by atoms with van der Waals surface area (Å²) in [7, 11) is 0. The molecule has 3 rings (SSSR count). The fourth-order valence-electron chi connectivity index (χ4n) is 2.47. The first kappa shape index (κ1) is 18.0. The van der Waals surface area contributed by atoms with Gasteiger partial charge in [-0.1, -0.05) is 17.7 Å². The number of hydrogen-bond acceptors (Lipinski definition) is 3. The number of carbonyl (C=O) groups is 1. The van der Waals surface area contributed by atoms with Crippen LogP contribution in [0.2, 0.25) is 5.02 Å². The molecule has 1 aliphatic heterocycles. The van der Waals surface area contributed by atoms with Crippen molar-refractivity contribution in [2.75, 3.05) is 5.32 Å². The third kappa shape index (κ3) is 3.58. The molecule has 132 valence electrons. The highest BCUT2D eigenvalue weighted by Gasteiger charge is 2.27. The van der Waals surface area contributed by atoms with Gasteiger partial charge in [0, 0.05) is 24.3 Å². The van der Waals surface area contributed by atoms with Gasteiger partial charge < -0.3 is 9.88 Å². The molecule has 4 nitrogen and oxygen atoms in total. The minimum atomic E-state index is -1.02. The highest BCUT2D eigenvalue weighted by molar-refractivity contribution is 7.97. The number of nitrogens with zero attached hydrogens (tertiary/aromatic N) is 1. The maximum atomic E-state index is 13.3. The van der Waals surface area contributed by atoms with E-state index >= 15 is 0 Å². The standard InChI is InChI=1S/C17H16ClF2N3OS/c1-9(2)22-25-16-13-4-3-7-23(13)15(14(16)18)17(24)21-10-5-6-11(19)12(20)8-10/h3-6,8-9,22H,7H2,1-2H3,(H,21,24). The summed E-state index contributed by atoms with van der Waals surface area (Å²) < 4.78 is 31.4. The molecule has 1 amide bonds. The van der Waals surface area contributed by atoms with Gasteiger partial charge in [-0.15, -0.1) is 0 Å². The molecule has 2 N–H and O–H groups in total. The number of benzene rings is 1. The Kier molecular flexibility index (Phi) is 5.17. The van der Waals surface area contributed by atoms with Gasteiger partial charge >= 0.3 is 0 Å². The fraction of sp³-hybridized carbons (Fsp3) is 0.235. The van der Waals surface area contributed by atoms with Crippen molar-refractivity contribution in [3.8, 4) is 0 Å². The summed E-state index contributed by atoms with van der Waals surface area (Å²) in [6.45, 7) is 4.53. The van der Waals surface area contributed by atoms with E-state index in [4.69, 9.17) is 11.6 Å². The second-order valence-electron chi connectivity index (χ2n) is 5.85. The van der Waals surface area contributed by atoms with Crippen LogP contribution in [0.25, 0.3) is 6.08 Å². The molecule has 0 radical (unpaired) electrons. The Morgan fingerprint density at radius 1 is 1.32 bits per heavy atom. The number of fused-ring (bicyclic) bond motifs is 1. The highest BCUT2D eigenvalue weighted by atomic mass is 35.5. The molecule has 0 unspecified atom stereocenters. The van der Waals surface area contributed by atoms with E-state index in [1.807, 2.05) is 26.0 Å². The number of carbonyl (C=O) groups excluding carboxylic acids is 1. The van der Waals surface area contributed by atoms with Crippen molar-refractivity contribution < 1.29 is 13.6 Å². The number of allylic oxidation sites excluding steroid dienone is 1. The molecule has 0 saturated heterocycles. The minimum absolute atomic E-state index is 0.163. The SMILES string of the molecule is CC(C)NSc1c(Cl)c(C(=O)Nc2ccc(F)c(F)c2)n2c1C=CC2. The van der Waals surface area contributed by atoms with Gasteiger partial charge in [0.15, 0.2) is 11.6 Å². The molecule has 0 aliphatic carbocycles. The normalized spacial score (nSPS) is 12.7. The summed E-state index contributed by atoms with van der Waals surface area (Å²) >= 11 is 7.80. The van der Waals surface area contributed by atoms with Crippen LogP contribution in [0, 0.1) is 11.6 Å². The molecule has 8 heteroatoms. The zero-order valence-corrected chi connectivity index (χ0v) is 15.1. The molecule has 2 heterocycles. The van der Waals surface area contributed by atoms with E-state index in [0.717, 1.165) is 22.7 Å². The molecule has 1 aromatic heterocycles. The van der Waals surface area contributed by atoms with Crippen molar-refractivity contribution in [1.29, 1.82) is 0 Å². The molecule has 0 atom stereocenters. The van der Waals surface area contributed by atoms with Crippen molar-refractivity contribution in [3.05, 3.63) is 52.3 Å². The molecule has 1 aliphatic rings. The van der Waals surface area contributed by atoms with Crippen LogP contribution < -0.4 is 10.0 Å². The van der Waals surface area contributed by atoms with Crippen LogP contribution >= 0.6 is 23.5 Å². The van der Waals surface area contributed by atoms with E-state index in [0.29, 0.717) is 17.3 Å². The van der Waals surface area contributed by atoms with E-state index in [2.05, 4.69) is 10.0 Å². The molecule has 25 heavy (non-hydrogen) atoms. The van der Waals surface area contributed by atoms with Crippen LogP contribution in [0.15, 0.2) is 29.2 Å². The zero-order valence-electron chi connectivity index (χ0n) is 13.6. The van der Waals surface area contributed by atoms with Crippen molar-refractivity contribution >= 4 is 41.2 Å². The van der Waals surface area contributed by atoms with Gasteiger partial charge in [0.2, 0.25) is 0 Å². The maximum absolute atomic E-state index is 13.3. The van der Waals surface area contributed by atoms with Gasteiger partial charge in [0.1, 0.15) is 5.69 Å². The maximum Gasteiger partial charge on any atom is 0.273 e. The van der Waals surface area contributed by atoms with Crippen LogP contribution in [0.1, 0.15) is 30.0 Å². The predicted molar refractivity (Wildman–Crippen MR) is 96.9 cm³/mol. The van der Waals surface area contributed by atoms with Gasteiger partial charge in [0.05, 0.1) is 15.6 Å². The third-order valence-electron chi connectivity index (χ3n) is 3.55. The molecular weight excluding hydrogens is 368 g/mol. The first-order valence-electron chi connectivity index (χ1n) is 7.65. The Bertz CT molecular complexity index is 864. The van der Waals surface area contributed by atoms with E-state index < -0.39 is 17.5 Å². The first-order chi connectivity index (χ1) is 11.9. The number of rotatable bonds is 5. The zero-order chi connectivity index (χ0) is 18.1. The number of aromatic nitrogens is 1. The van der Waals surface area contributed by atoms with E-state index in [1.165, 1.54) is 18.0 Å². The van der Waals surface area contributed by atoms with Crippen LogP contribution in [-0.2, 0) is 6.54 Å². The number of hydrogen-bond donors (Lipinski definition) is 2. The van der Waals surface area contributed by atoms with E-state index in [1.54, 1.807) is 4.57 Å². The number of anilines is 1. The number of halogens is 3. The predicted octanol–water partition coefficient (Wildman–Crippen LogP) is 4.70. The number of amides is 1. The van der Waals surface area contributed by atoms with Crippen molar-refractivity contribution in [3.63, 3.8) is 0 Å². The molecule has 0 fully saturated rings. The Morgan fingerprint density at radius 2 is 2.08 bits per heavy atom. The average Bonchev–Trinajstić information content (AvgIpc) is 3.09. The Balaban J connectivity index is 1.90. The lowest BCUT2D eigenvalue weighted by molar-refractivity contribution is 0.101. The monoisotopic (exact) mass is 383 g/mol. The second-order valence-corrected chi connectivity index (χ2v) is 7.07. The Morgan fingerprint density at radius 3 is 2.76 bits per heavy atom. The summed E-state index contributed by atoms with van der Waals surface area (Å²) in [6, 6.07) is 3.43. The molecular formula is C17H16ClF2N3OS. The summed E-state index contributed by atoms with van der Waals surface area (Å²) in [4.78, 5) is 13.4. The first-order valence-corrected chi connectivity index (χ1v) is 8.85. The topological polar surface area (TPSA) is 46.1 Å². The largest absolute Gasteiger partial charge is 0.331 e. The Hall–Kier alpha value is -1.83. The quantitative estimate of drug-likeness (QED) is 0.735. The molecule has 0 saturated carbocycles. The minimum Gasteiger partial charge on any atom is -0.331 e. The van der Waals surface area contributed by atoms with Crippen molar-refractivity contribution in [1.82, 2.24) is 9.29 Å². The fourth-order valence-corrected chi connectivity index (χ4v) is 3.69. The summed E-state index contributed by atoms with van der Waals surface area (Å²) in [6.07, 6.45) is 3.84. The van der Waals surface area contributed by atoms with Crippen LogP contribution in [-0.4, -0.2) is 16.5 Å². The van der Waals surface area contributed by atoms with Crippen molar-refractivity contribution in [2.24, 2.45) is 0 Å². The van der Waals surface area contributed by atoms with Gasteiger partial charge in [-0.25, -0.2) is 8.78 Å². The summed E-state index contributed by atoms with van der Waals surface area (Å²) in [5, 5.41) is 2.90. The lowest BCUT2D eigenvalue weighted by atomic mass is 10.3. The summed E-state index contributed by atoms with van der Waals surface area (Å²) in [5.41, 5.74) is 1.30.